The van der Waals surface area contributed by atoms with Gasteiger partial charge in [0.05, 0.1) is 23.5 Å². The van der Waals surface area contributed by atoms with Gasteiger partial charge in [-0.05, 0) is 12.8 Å². The fourth-order valence-corrected chi connectivity index (χ4v) is 2.19. The van der Waals surface area contributed by atoms with Crippen molar-refractivity contribution >= 4 is 11.4 Å². The number of fused-ring (bicyclic) bond motifs is 1. The van der Waals surface area contributed by atoms with E-state index in [1.807, 2.05) is 19.9 Å². The van der Waals surface area contributed by atoms with Crippen LogP contribution in [0.25, 0.3) is 0 Å². The number of aliphatic hydroxyl groups excluding tert-OH is 1. The number of hydrogen-bond donors (Lipinski definition) is 3. The Balaban J connectivity index is 2.29. The lowest BCUT2D eigenvalue weighted by atomic mass is 9.93. The van der Waals surface area contributed by atoms with Crippen LogP contribution in [0.15, 0.2) is 12.1 Å². The van der Waals surface area contributed by atoms with E-state index >= 15 is 0 Å². The molecular formula is C14H22N2O3. The Morgan fingerprint density at radius 1 is 1.21 bits per heavy atom. The van der Waals surface area contributed by atoms with Gasteiger partial charge < -0.3 is 25.6 Å². The van der Waals surface area contributed by atoms with Crippen LogP contribution >= 0.6 is 0 Å². The second-order valence-corrected chi connectivity index (χ2v) is 4.85. The first-order valence-corrected chi connectivity index (χ1v) is 6.72. The summed E-state index contributed by atoms with van der Waals surface area (Å²) >= 11 is 0. The maximum absolute atomic E-state index is 9.61. The van der Waals surface area contributed by atoms with Crippen LogP contribution in [0.4, 0.5) is 11.4 Å². The molecule has 5 nitrogen and oxygen atoms in total. The molecule has 1 aromatic carbocycles. The molecule has 4 N–H and O–H groups in total. The smallest absolute Gasteiger partial charge is 0.163 e. The Hall–Kier alpha value is -1.62. The third-order valence-electron chi connectivity index (χ3n) is 3.77. The summed E-state index contributed by atoms with van der Waals surface area (Å²) < 4.78 is 11.0. The van der Waals surface area contributed by atoms with Gasteiger partial charge in [0.2, 0.25) is 0 Å². The maximum Gasteiger partial charge on any atom is 0.163 e. The lowest BCUT2D eigenvalue weighted by Crippen LogP contribution is -2.41. The van der Waals surface area contributed by atoms with Crippen molar-refractivity contribution in [2.75, 3.05) is 30.9 Å². The highest BCUT2D eigenvalue weighted by Crippen LogP contribution is 2.38. The minimum absolute atomic E-state index is 0.0634. The molecule has 1 aliphatic rings. The third-order valence-corrected chi connectivity index (χ3v) is 3.77. The Morgan fingerprint density at radius 2 is 1.79 bits per heavy atom. The number of rotatable bonds is 5. The first-order valence-electron chi connectivity index (χ1n) is 6.72. The third kappa shape index (κ3) is 2.71. The fraction of sp³-hybridized carbons (Fsp3) is 0.571. The summed E-state index contributed by atoms with van der Waals surface area (Å²) in [5.41, 5.74) is 7.07. The fourth-order valence-electron chi connectivity index (χ4n) is 2.19. The molecule has 0 aliphatic carbocycles. The Labute approximate surface area is 113 Å². The minimum atomic E-state index is -0.349. The van der Waals surface area contributed by atoms with Gasteiger partial charge in [-0.25, -0.2) is 0 Å². The minimum Gasteiger partial charge on any atom is -0.486 e. The van der Waals surface area contributed by atoms with Crippen molar-refractivity contribution in [2.24, 2.45) is 0 Å². The van der Waals surface area contributed by atoms with Gasteiger partial charge in [-0.3, -0.25) is 0 Å². The molecule has 1 aliphatic heterocycles. The zero-order chi connectivity index (χ0) is 13.9. The molecule has 1 aromatic rings. The van der Waals surface area contributed by atoms with Crippen molar-refractivity contribution in [3.05, 3.63) is 12.1 Å². The van der Waals surface area contributed by atoms with Crippen LogP contribution in [0, 0.1) is 0 Å². The molecule has 5 heteroatoms. The standard InChI is InChI=1S/C14H22N2O3/c1-3-14(4-2,9-17)16-11-8-13-12(7-10(11)15)18-5-6-19-13/h7-8,16-17H,3-6,9,15H2,1-2H3. The molecule has 0 aromatic heterocycles. The summed E-state index contributed by atoms with van der Waals surface area (Å²) in [5.74, 6) is 1.37. The van der Waals surface area contributed by atoms with Crippen LogP contribution in [-0.2, 0) is 0 Å². The molecule has 0 spiro atoms. The van der Waals surface area contributed by atoms with E-state index in [4.69, 9.17) is 15.2 Å². The molecule has 0 saturated carbocycles. The number of nitrogens with two attached hydrogens (primary N) is 1. The summed E-state index contributed by atoms with van der Waals surface area (Å²) in [6.45, 7) is 5.24. The van der Waals surface area contributed by atoms with Crippen molar-refractivity contribution in [1.29, 1.82) is 0 Å². The van der Waals surface area contributed by atoms with Gasteiger partial charge in [0.15, 0.2) is 11.5 Å². The molecule has 0 fully saturated rings. The van der Waals surface area contributed by atoms with Gasteiger partial charge in [-0.2, -0.15) is 0 Å². The number of ether oxygens (including phenoxy) is 2. The lowest BCUT2D eigenvalue weighted by Gasteiger charge is -2.33. The van der Waals surface area contributed by atoms with Gasteiger partial charge >= 0.3 is 0 Å². The number of anilines is 2. The van der Waals surface area contributed by atoms with Gasteiger partial charge in [-0.1, -0.05) is 13.8 Å². The van der Waals surface area contributed by atoms with Crippen LogP contribution in [0.5, 0.6) is 11.5 Å². The van der Waals surface area contributed by atoms with E-state index in [9.17, 15) is 5.11 Å². The van der Waals surface area contributed by atoms with E-state index in [-0.39, 0.29) is 12.1 Å². The number of nitrogen functional groups attached to an aromatic ring is 1. The maximum atomic E-state index is 9.61. The highest BCUT2D eigenvalue weighted by atomic mass is 16.6. The largest absolute Gasteiger partial charge is 0.486 e. The Bertz CT molecular complexity index is 436. The SMILES string of the molecule is CCC(CC)(CO)Nc1cc2c(cc1N)OCCO2. The molecule has 0 atom stereocenters. The van der Waals surface area contributed by atoms with Crippen LogP contribution in [-0.4, -0.2) is 30.5 Å². The van der Waals surface area contributed by atoms with Crippen LogP contribution in [0.2, 0.25) is 0 Å². The highest BCUT2D eigenvalue weighted by molar-refractivity contribution is 5.73. The van der Waals surface area contributed by atoms with Crippen LogP contribution < -0.4 is 20.5 Å². The first kappa shape index (κ1) is 13.8. The van der Waals surface area contributed by atoms with Crippen molar-refractivity contribution in [3.8, 4) is 11.5 Å². The van der Waals surface area contributed by atoms with E-state index in [2.05, 4.69) is 5.32 Å². The molecule has 0 unspecified atom stereocenters. The predicted molar refractivity (Wildman–Crippen MR) is 75.9 cm³/mol. The zero-order valence-electron chi connectivity index (χ0n) is 11.5. The number of hydrogen-bond acceptors (Lipinski definition) is 5. The average Bonchev–Trinajstić information content (AvgIpc) is 2.45. The number of benzene rings is 1. The summed E-state index contributed by atoms with van der Waals surface area (Å²) in [7, 11) is 0. The van der Waals surface area contributed by atoms with Gasteiger partial charge in [0, 0.05) is 12.1 Å². The van der Waals surface area contributed by atoms with Gasteiger partial charge in [0.25, 0.3) is 0 Å². The summed E-state index contributed by atoms with van der Waals surface area (Å²) in [4.78, 5) is 0. The molecule has 0 bridgehead atoms. The monoisotopic (exact) mass is 266 g/mol. The van der Waals surface area contributed by atoms with E-state index in [0.29, 0.717) is 30.4 Å². The van der Waals surface area contributed by atoms with Gasteiger partial charge in [0.1, 0.15) is 13.2 Å². The normalized spacial score (nSPS) is 14.3. The Kier molecular flexibility index (Phi) is 4.04. The molecule has 1 heterocycles. The van der Waals surface area contributed by atoms with Crippen LogP contribution in [0.1, 0.15) is 26.7 Å². The van der Waals surface area contributed by atoms with E-state index in [1.54, 1.807) is 6.07 Å². The summed E-state index contributed by atoms with van der Waals surface area (Å²) in [6, 6.07) is 3.61. The molecule has 0 radical (unpaired) electrons. The Morgan fingerprint density at radius 3 is 2.32 bits per heavy atom. The second-order valence-electron chi connectivity index (χ2n) is 4.85. The van der Waals surface area contributed by atoms with E-state index < -0.39 is 0 Å². The molecule has 0 amide bonds. The summed E-state index contributed by atoms with van der Waals surface area (Å²) in [6.07, 6.45) is 1.63. The zero-order valence-corrected chi connectivity index (χ0v) is 11.5. The molecule has 2 rings (SSSR count). The molecule has 19 heavy (non-hydrogen) atoms. The molecule has 106 valence electrons. The molecule has 0 saturated heterocycles. The predicted octanol–water partition coefficient (Wildman–Crippen LogP) is 2.00. The van der Waals surface area contributed by atoms with Crippen molar-refractivity contribution in [3.63, 3.8) is 0 Å². The van der Waals surface area contributed by atoms with E-state index in [0.717, 1.165) is 18.5 Å². The molecular weight excluding hydrogens is 244 g/mol. The summed E-state index contributed by atoms with van der Waals surface area (Å²) in [5, 5.41) is 13.0. The van der Waals surface area contributed by atoms with Crippen molar-refractivity contribution < 1.29 is 14.6 Å². The number of nitrogens with one attached hydrogen (secondary N) is 1. The number of aliphatic hydroxyl groups is 1. The van der Waals surface area contributed by atoms with Gasteiger partial charge in [-0.15, -0.1) is 0 Å². The van der Waals surface area contributed by atoms with E-state index in [1.165, 1.54) is 0 Å². The first-order chi connectivity index (χ1) is 9.14. The van der Waals surface area contributed by atoms with Crippen molar-refractivity contribution in [1.82, 2.24) is 0 Å². The quantitative estimate of drug-likeness (QED) is 0.711. The lowest BCUT2D eigenvalue weighted by molar-refractivity contribution is 0.171. The average molecular weight is 266 g/mol. The second kappa shape index (κ2) is 5.57. The van der Waals surface area contributed by atoms with Crippen molar-refractivity contribution in [2.45, 2.75) is 32.2 Å². The van der Waals surface area contributed by atoms with Crippen LogP contribution in [0.3, 0.4) is 0 Å². The highest BCUT2D eigenvalue weighted by Gasteiger charge is 2.26. The topological polar surface area (TPSA) is 76.7 Å².